The Morgan fingerprint density at radius 2 is 2.00 bits per heavy atom. The van der Waals surface area contributed by atoms with E-state index in [4.69, 9.17) is 5.73 Å². The molecule has 0 bridgehead atoms. The average Bonchev–Trinajstić information content (AvgIpc) is 2.28. The van der Waals surface area contributed by atoms with Gasteiger partial charge in [0.25, 0.3) is 0 Å². The van der Waals surface area contributed by atoms with E-state index in [-0.39, 0.29) is 12.4 Å². The van der Waals surface area contributed by atoms with Gasteiger partial charge in [-0.05, 0) is 31.0 Å². The normalized spacial score (nSPS) is 10.7. The van der Waals surface area contributed by atoms with Crippen molar-refractivity contribution < 1.29 is 4.39 Å². The Labute approximate surface area is 90.7 Å². The highest BCUT2D eigenvalue weighted by Gasteiger charge is 2.05. The van der Waals surface area contributed by atoms with E-state index >= 15 is 0 Å². The van der Waals surface area contributed by atoms with Gasteiger partial charge in [0.05, 0.1) is 0 Å². The van der Waals surface area contributed by atoms with Crippen LogP contribution >= 0.6 is 0 Å². The van der Waals surface area contributed by atoms with Crippen molar-refractivity contribution in [2.75, 3.05) is 5.32 Å². The molecule has 0 saturated carbocycles. The Hall–Kier alpha value is -1.09. The van der Waals surface area contributed by atoms with Crippen LogP contribution in [0.1, 0.15) is 32.3 Å². The molecular formula is C12H19FN2. The zero-order valence-electron chi connectivity index (χ0n) is 9.39. The van der Waals surface area contributed by atoms with Crippen LogP contribution in [-0.4, -0.2) is 6.04 Å². The third-order valence-electron chi connectivity index (χ3n) is 2.62. The Morgan fingerprint density at radius 3 is 2.53 bits per heavy atom. The molecule has 0 aliphatic heterocycles. The monoisotopic (exact) mass is 210 g/mol. The average molecular weight is 210 g/mol. The maximum atomic E-state index is 13.2. The maximum Gasteiger partial charge on any atom is 0.127 e. The van der Waals surface area contributed by atoms with Crippen LogP contribution in [0.25, 0.3) is 0 Å². The fourth-order valence-corrected chi connectivity index (χ4v) is 1.55. The van der Waals surface area contributed by atoms with Crippen molar-refractivity contribution in [1.29, 1.82) is 0 Å². The number of hydrogen-bond donors (Lipinski definition) is 2. The van der Waals surface area contributed by atoms with Crippen molar-refractivity contribution in [2.24, 2.45) is 5.73 Å². The van der Waals surface area contributed by atoms with Gasteiger partial charge in [-0.15, -0.1) is 0 Å². The van der Waals surface area contributed by atoms with Crippen molar-refractivity contribution in [2.45, 2.75) is 39.3 Å². The predicted octanol–water partition coefficient (Wildman–Crippen LogP) is 2.88. The van der Waals surface area contributed by atoms with E-state index in [1.807, 2.05) is 0 Å². The summed E-state index contributed by atoms with van der Waals surface area (Å²) in [5.74, 6) is -0.229. The van der Waals surface area contributed by atoms with Gasteiger partial charge in [0.1, 0.15) is 5.82 Å². The van der Waals surface area contributed by atoms with Crippen molar-refractivity contribution in [3.05, 3.63) is 29.6 Å². The van der Waals surface area contributed by atoms with Gasteiger partial charge in [-0.1, -0.05) is 13.8 Å². The lowest BCUT2D eigenvalue weighted by molar-refractivity contribution is 0.610. The molecule has 0 saturated heterocycles. The van der Waals surface area contributed by atoms with Crippen LogP contribution in [-0.2, 0) is 6.54 Å². The number of halogens is 1. The molecule has 0 heterocycles. The molecule has 0 unspecified atom stereocenters. The summed E-state index contributed by atoms with van der Waals surface area (Å²) < 4.78 is 13.2. The lowest BCUT2D eigenvalue weighted by Gasteiger charge is -2.16. The molecule has 1 aromatic rings. The standard InChI is InChI=1S/C12H19FN2/c1-3-10(4-2)15-11-5-6-12(13)9(7-11)8-14/h5-7,10,15H,3-4,8,14H2,1-2H3. The topological polar surface area (TPSA) is 38.0 Å². The molecule has 84 valence electrons. The summed E-state index contributed by atoms with van der Waals surface area (Å²) in [5.41, 5.74) is 6.96. The molecule has 0 aliphatic rings. The van der Waals surface area contributed by atoms with Crippen LogP contribution in [0.3, 0.4) is 0 Å². The van der Waals surface area contributed by atoms with Crippen molar-refractivity contribution in [3.8, 4) is 0 Å². The molecule has 0 spiro atoms. The third-order valence-corrected chi connectivity index (χ3v) is 2.62. The summed E-state index contributed by atoms with van der Waals surface area (Å²) in [5, 5.41) is 3.36. The van der Waals surface area contributed by atoms with Crippen LogP contribution in [0.15, 0.2) is 18.2 Å². The summed E-state index contributed by atoms with van der Waals surface area (Å²) in [6.07, 6.45) is 2.12. The van der Waals surface area contributed by atoms with Gasteiger partial charge < -0.3 is 11.1 Å². The number of nitrogens with two attached hydrogens (primary N) is 1. The van der Waals surface area contributed by atoms with Crippen molar-refractivity contribution >= 4 is 5.69 Å². The molecule has 1 aromatic carbocycles. The number of anilines is 1. The summed E-state index contributed by atoms with van der Waals surface area (Å²) >= 11 is 0. The van der Waals surface area contributed by atoms with E-state index < -0.39 is 0 Å². The molecule has 0 fully saturated rings. The van der Waals surface area contributed by atoms with E-state index in [0.717, 1.165) is 18.5 Å². The number of benzene rings is 1. The van der Waals surface area contributed by atoms with Crippen LogP contribution in [0.4, 0.5) is 10.1 Å². The van der Waals surface area contributed by atoms with Gasteiger partial charge in [-0.25, -0.2) is 4.39 Å². The fraction of sp³-hybridized carbons (Fsp3) is 0.500. The highest BCUT2D eigenvalue weighted by molar-refractivity contribution is 5.47. The SMILES string of the molecule is CCC(CC)Nc1ccc(F)c(CN)c1. The lowest BCUT2D eigenvalue weighted by Crippen LogP contribution is -2.17. The Kier molecular flexibility index (Phi) is 4.56. The number of hydrogen-bond acceptors (Lipinski definition) is 2. The van der Waals surface area contributed by atoms with Gasteiger partial charge in [0, 0.05) is 23.8 Å². The minimum Gasteiger partial charge on any atom is -0.382 e. The molecule has 1 rings (SSSR count). The van der Waals surface area contributed by atoms with E-state index in [0.29, 0.717) is 11.6 Å². The van der Waals surface area contributed by atoms with Gasteiger partial charge >= 0.3 is 0 Å². The highest BCUT2D eigenvalue weighted by atomic mass is 19.1. The van der Waals surface area contributed by atoms with E-state index in [1.165, 1.54) is 6.07 Å². The predicted molar refractivity (Wildman–Crippen MR) is 62.3 cm³/mol. The van der Waals surface area contributed by atoms with Crippen LogP contribution in [0.2, 0.25) is 0 Å². The summed E-state index contributed by atoms with van der Waals surface area (Å²) in [7, 11) is 0. The van der Waals surface area contributed by atoms with Crippen molar-refractivity contribution in [1.82, 2.24) is 0 Å². The molecule has 3 N–H and O–H groups in total. The second kappa shape index (κ2) is 5.71. The first-order chi connectivity index (χ1) is 7.21. The van der Waals surface area contributed by atoms with E-state index in [9.17, 15) is 4.39 Å². The van der Waals surface area contributed by atoms with Gasteiger partial charge in [-0.3, -0.25) is 0 Å². The first-order valence-corrected chi connectivity index (χ1v) is 5.46. The van der Waals surface area contributed by atoms with E-state index in [1.54, 1.807) is 12.1 Å². The van der Waals surface area contributed by atoms with Gasteiger partial charge in [0.2, 0.25) is 0 Å². The quantitative estimate of drug-likeness (QED) is 0.784. The number of rotatable bonds is 5. The molecule has 2 nitrogen and oxygen atoms in total. The zero-order valence-corrected chi connectivity index (χ0v) is 9.39. The molecule has 15 heavy (non-hydrogen) atoms. The third kappa shape index (κ3) is 3.20. The lowest BCUT2D eigenvalue weighted by atomic mass is 10.1. The first kappa shape index (κ1) is 12.0. The minimum atomic E-state index is -0.229. The molecule has 0 radical (unpaired) electrons. The summed E-state index contributed by atoms with van der Waals surface area (Å²) in [6.45, 7) is 4.51. The Balaban J connectivity index is 2.77. The second-order valence-corrected chi connectivity index (χ2v) is 3.67. The Morgan fingerprint density at radius 1 is 1.33 bits per heavy atom. The van der Waals surface area contributed by atoms with Gasteiger partial charge in [-0.2, -0.15) is 0 Å². The molecule has 0 aliphatic carbocycles. The zero-order chi connectivity index (χ0) is 11.3. The van der Waals surface area contributed by atoms with Crippen LogP contribution in [0.5, 0.6) is 0 Å². The minimum absolute atomic E-state index is 0.229. The largest absolute Gasteiger partial charge is 0.382 e. The Bertz CT molecular complexity index is 308. The summed E-state index contributed by atoms with van der Waals surface area (Å²) in [6, 6.07) is 5.45. The van der Waals surface area contributed by atoms with Gasteiger partial charge in [0.15, 0.2) is 0 Å². The molecule has 3 heteroatoms. The van der Waals surface area contributed by atoms with Crippen LogP contribution < -0.4 is 11.1 Å². The number of nitrogens with one attached hydrogen (secondary N) is 1. The maximum absolute atomic E-state index is 13.2. The molecule has 0 amide bonds. The second-order valence-electron chi connectivity index (χ2n) is 3.67. The first-order valence-electron chi connectivity index (χ1n) is 5.46. The summed E-state index contributed by atoms with van der Waals surface area (Å²) in [4.78, 5) is 0. The molecule has 0 atom stereocenters. The fourth-order valence-electron chi connectivity index (χ4n) is 1.55. The van der Waals surface area contributed by atoms with Crippen LogP contribution in [0, 0.1) is 5.82 Å². The molecule has 0 aromatic heterocycles. The van der Waals surface area contributed by atoms with E-state index in [2.05, 4.69) is 19.2 Å². The smallest absolute Gasteiger partial charge is 0.127 e. The van der Waals surface area contributed by atoms with Crippen molar-refractivity contribution in [3.63, 3.8) is 0 Å². The highest BCUT2D eigenvalue weighted by Crippen LogP contribution is 2.16. The molecular weight excluding hydrogens is 191 g/mol.